The van der Waals surface area contributed by atoms with Gasteiger partial charge < -0.3 is 15.4 Å². The first kappa shape index (κ1) is 17.4. The Labute approximate surface area is 143 Å². The van der Waals surface area contributed by atoms with Crippen molar-refractivity contribution in [1.82, 2.24) is 0 Å². The van der Waals surface area contributed by atoms with Gasteiger partial charge in [-0.05, 0) is 67.5 Å². The number of alkyl halides is 2. The van der Waals surface area contributed by atoms with Crippen LogP contribution in [0.1, 0.15) is 11.1 Å². The molecule has 0 unspecified atom stereocenters. The lowest BCUT2D eigenvalue weighted by atomic mass is 10.1. The number of aryl methyl sites for hydroxylation is 2. The zero-order chi connectivity index (χ0) is 17.0. The van der Waals surface area contributed by atoms with E-state index < -0.39 is 6.61 Å². The van der Waals surface area contributed by atoms with Gasteiger partial charge in [-0.2, -0.15) is 8.78 Å². The normalized spacial score (nSPS) is 10.5. The van der Waals surface area contributed by atoms with Crippen LogP contribution in [-0.4, -0.2) is 11.7 Å². The van der Waals surface area contributed by atoms with Gasteiger partial charge in [-0.15, -0.1) is 0 Å². The van der Waals surface area contributed by atoms with Crippen LogP contribution in [0.5, 0.6) is 5.75 Å². The van der Waals surface area contributed by atoms with Gasteiger partial charge in [-0.3, -0.25) is 0 Å². The quantitative estimate of drug-likeness (QED) is 0.722. The van der Waals surface area contributed by atoms with Gasteiger partial charge in [-0.25, -0.2) is 0 Å². The Morgan fingerprint density at radius 1 is 1.04 bits per heavy atom. The van der Waals surface area contributed by atoms with Gasteiger partial charge in [0.1, 0.15) is 5.75 Å². The third kappa shape index (κ3) is 5.04. The zero-order valence-electron chi connectivity index (χ0n) is 12.5. The molecule has 0 atom stereocenters. The van der Waals surface area contributed by atoms with E-state index in [-0.39, 0.29) is 10.8 Å². The molecule has 0 amide bonds. The van der Waals surface area contributed by atoms with Gasteiger partial charge >= 0.3 is 6.61 Å². The van der Waals surface area contributed by atoms with Crippen LogP contribution < -0.4 is 15.4 Å². The van der Waals surface area contributed by atoms with Gasteiger partial charge in [-0.1, -0.05) is 17.7 Å². The maximum Gasteiger partial charge on any atom is 0.387 e. The van der Waals surface area contributed by atoms with Crippen molar-refractivity contribution in [3.05, 3.63) is 52.5 Å². The van der Waals surface area contributed by atoms with Crippen molar-refractivity contribution in [3.8, 4) is 5.75 Å². The van der Waals surface area contributed by atoms with E-state index in [1.165, 1.54) is 17.7 Å². The number of anilines is 2. The number of thiocarbonyl (C=S) groups is 1. The van der Waals surface area contributed by atoms with Gasteiger partial charge in [0.2, 0.25) is 0 Å². The van der Waals surface area contributed by atoms with E-state index in [0.717, 1.165) is 11.3 Å². The molecule has 0 radical (unpaired) electrons. The highest BCUT2D eigenvalue weighted by atomic mass is 35.5. The van der Waals surface area contributed by atoms with Crippen LogP contribution in [0.3, 0.4) is 0 Å². The van der Waals surface area contributed by atoms with E-state index in [1.54, 1.807) is 6.07 Å². The number of hydrogen-bond donors (Lipinski definition) is 2. The molecule has 7 heteroatoms. The standard InChI is InChI=1S/C16H15ClF2N2OS/c1-9-3-4-11(7-10(9)2)20-16(23)21-12-5-6-14(13(17)8-12)22-15(18)19/h3-8,15H,1-2H3,(H2,20,21,23). The monoisotopic (exact) mass is 356 g/mol. The Kier molecular flexibility index (Phi) is 5.74. The van der Waals surface area contributed by atoms with E-state index in [9.17, 15) is 8.78 Å². The topological polar surface area (TPSA) is 33.3 Å². The minimum Gasteiger partial charge on any atom is -0.433 e. The summed E-state index contributed by atoms with van der Waals surface area (Å²) >= 11 is 11.1. The van der Waals surface area contributed by atoms with E-state index in [0.29, 0.717) is 10.8 Å². The molecule has 0 aliphatic heterocycles. The summed E-state index contributed by atoms with van der Waals surface area (Å²) in [7, 11) is 0. The second-order valence-corrected chi connectivity index (χ2v) is 5.72. The van der Waals surface area contributed by atoms with Crippen LogP contribution >= 0.6 is 23.8 Å². The fourth-order valence-electron chi connectivity index (χ4n) is 1.88. The SMILES string of the molecule is Cc1ccc(NC(=S)Nc2ccc(OC(F)F)c(Cl)c2)cc1C. The number of rotatable bonds is 4. The molecule has 0 heterocycles. The third-order valence-corrected chi connectivity index (χ3v) is 3.67. The molecule has 2 aromatic carbocycles. The van der Waals surface area contributed by atoms with E-state index in [1.807, 2.05) is 32.0 Å². The van der Waals surface area contributed by atoms with Crippen molar-refractivity contribution in [1.29, 1.82) is 0 Å². The number of halogens is 3. The van der Waals surface area contributed by atoms with Crippen molar-refractivity contribution in [2.75, 3.05) is 10.6 Å². The summed E-state index contributed by atoms with van der Waals surface area (Å²) in [6.45, 7) is 1.12. The van der Waals surface area contributed by atoms with Gasteiger partial charge in [0.25, 0.3) is 0 Å². The lowest BCUT2D eigenvalue weighted by Crippen LogP contribution is -2.19. The Hall–Kier alpha value is -1.92. The highest BCUT2D eigenvalue weighted by Crippen LogP contribution is 2.29. The van der Waals surface area contributed by atoms with Crippen LogP contribution in [0.15, 0.2) is 36.4 Å². The largest absolute Gasteiger partial charge is 0.433 e. The molecule has 0 aliphatic rings. The van der Waals surface area contributed by atoms with E-state index in [4.69, 9.17) is 23.8 Å². The summed E-state index contributed by atoms with van der Waals surface area (Å²) < 4.78 is 28.7. The minimum atomic E-state index is -2.92. The molecule has 0 bridgehead atoms. The highest BCUT2D eigenvalue weighted by Gasteiger charge is 2.09. The molecule has 0 saturated heterocycles. The zero-order valence-corrected chi connectivity index (χ0v) is 14.1. The van der Waals surface area contributed by atoms with Crippen LogP contribution in [0.4, 0.5) is 20.2 Å². The summed E-state index contributed by atoms with van der Waals surface area (Å²) in [4.78, 5) is 0. The third-order valence-electron chi connectivity index (χ3n) is 3.17. The van der Waals surface area contributed by atoms with Crippen LogP contribution in [0.2, 0.25) is 5.02 Å². The average molecular weight is 357 g/mol. The van der Waals surface area contributed by atoms with E-state index in [2.05, 4.69) is 15.4 Å². The maximum atomic E-state index is 12.2. The Morgan fingerprint density at radius 2 is 1.65 bits per heavy atom. The molecule has 0 spiro atoms. The van der Waals surface area contributed by atoms with Crippen molar-refractivity contribution in [3.63, 3.8) is 0 Å². The molecule has 3 nitrogen and oxygen atoms in total. The fraction of sp³-hybridized carbons (Fsp3) is 0.188. The molecule has 2 N–H and O–H groups in total. The summed E-state index contributed by atoms with van der Waals surface area (Å²) in [5.41, 5.74) is 3.76. The lowest BCUT2D eigenvalue weighted by Gasteiger charge is -2.13. The van der Waals surface area contributed by atoms with Gasteiger partial charge in [0, 0.05) is 11.4 Å². The first-order valence-electron chi connectivity index (χ1n) is 6.75. The van der Waals surface area contributed by atoms with Crippen molar-refractivity contribution in [2.24, 2.45) is 0 Å². The predicted octanol–water partition coefficient (Wildman–Crippen LogP) is 5.37. The molecule has 2 aromatic rings. The Bertz CT molecular complexity index is 725. The second-order valence-electron chi connectivity index (χ2n) is 4.90. The summed E-state index contributed by atoms with van der Waals surface area (Å²) in [6, 6.07) is 10.3. The molecule has 23 heavy (non-hydrogen) atoms. The Balaban J connectivity index is 2.02. The molecule has 2 rings (SSSR count). The number of hydrogen-bond acceptors (Lipinski definition) is 2. The van der Waals surface area contributed by atoms with E-state index >= 15 is 0 Å². The molecule has 122 valence electrons. The summed E-state index contributed by atoms with van der Waals surface area (Å²) in [5, 5.41) is 6.43. The molecular weight excluding hydrogens is 342 g/mol. The van der Waals surface area contributed by atoms with Crippen LogP contribution in [0.25, 0.3) is 0 Å². The molecule has 0 saturated carbocycles. The minimum absolute atomic E-state index is 0.0734. The molecular formula is C16H15ClF2N2OS. The van der Waals surface area contributed by atoms with Gasteiger partial charge in [0.05, 0.1) is 5.02 Å². The van der Waals surface area contributed by atoms with Crippen molar-refractivity contribution >= 4 is 40.3 Å². The van der Waals surface area contributed by atoms with Crippen molar-refractivity contribution < 1.29 is 13.5 Å². The molecule has 0 aliphatic carbocycles. The van der Waals surface area contributed by atoms with Crippen LogP contribution in [-0.2, 0) is 0 Å². The molecule has 0 aromatic heterocycles. The average Bonchev–Trinajstić information content (AvgIpc) is 2.45. The predicted molar refractivity (Wildman–Crippen MR) is 93.8 cm³/mol. The Morgan fingerprint density at radius 3 is 2.22 bits per heavy atom. The maximum absolute atomic E-state index is 12.2. The summed E-state index contributed by atoms with van der Waals surface area (Å²) in [5.74, 6) is -0.0831. The number of ether oxygens (including phenoxy) is 1. The number of nitrogens with one attached hydrogen (secondary N) is 2. The number of benzene rings is 2. The molecule has 0 fully saturated rings. The highest BCUT2D eigenvalue weighted by molar-refractivity contribution is 7.80. The fourth-order valence-corrected chi connectivity index (χ4v) is 2.34. The van der Waals surface area contributed by atoms with Crippen LogP contribution in [0, 0.1) is 13.8 Å². The first-order valence-corrected chi connectivity index (χ1v) is 7.53. The summed E-state index contributed by atoms with van der Waals surface area (Å²) in [6.07, 6.45) is 0. The van der Waals surface area contributed by atoms with Crippen molar-refractivity contribution in [2.45, 2.75) is 20.5 Å². The first-order chi connectivity index (χ1) is 10.8. The smallest absolute Gasteiger partial charge is 0.387 e. The second kappa shape index (κ2) is 7.57. The van der Waals surface area contributed by atoms with Gasteiger partial charge in [0.15, 0.2) is 5.11 Å². The lowest BCUT2D eigenvalue weighted by molar-refractivity contribution is -0.0497.